The van der Waals surface area contributed by atoms with Crippen molar-refractivity contribution in [2.45, 2.75) is 20.8 Å². The topological polar surface area (TPSA) is 124 Å². The van der Waals surface area contributed by atoms with Crippen molar-refractivity contribution in [1.82, 2.24) is 15.3 Å². The highest BCUT2D eigenvalue weighted by atomic mass is 16.5. The average Bonchev–Trinajstić information content (AvgIpc) is 2.80. The van der Waals surface area contributed by atoms with Crippen molar-refractivity contribution in [1.29, 1.82) is 10.5 Å². The van der Waals surface area contributed by atoms with Gasteiger partial charge < -0.3 is 15.4 Å². The molecular weight excluding hydrogens is 416 g/mol. The summed E-state index contributed by atoms with van der Waals surface area (Å²) in [6, 6.07) is 15.3. The van der Waals surface area contributed by atoms with Crippen LogP contribution in [0.2, 0.25) is 0 Å². The van der Waals surface area contributed by atoms with Gasteiger partial charge in [-0.3, -0.25) is 4.79 Å². The lowest BCUT2D eigenvalue weighted by molar-refractivity contribution is 0.0955. The molecular formula is C25H22N6O2. The van der Waals surface area contributed by atoms with E-state index in [4.69, 9.17) is 15.3 Å². The van der Waals surface area contributed by atoms with Gasteiger partial charge in [0.15, 0.2) is 0 Å². The maximum Gasteiger partial charge on any atom is 0.259 e. The number of nitriles is 2. The molecule has 3 aromatic rings. The summed E-state index contributed by atoms with van der Waals surface area (Å²) < 4.78 is 6.11. The van der Waals surface area contributed by atoms with Crippen molar-refractivity contribution >= 4 is 23.6 Å². The molecule has 0 radical (unpaired) electrons. The zero-order chi connectivity index (χ0) is 23.8. The molecule has 164 valence electrons. The van der Waals surface area contributed by atoms with Gasteiger partial charge in [0, 0.05) is 18.0 Å². The van der Waals surface area contributed by atoms with E-state index < -0.39 is 5.91 Å². The number of benzene rings is 2. The predicted molar refractivity (Wildman–Crippen MR) is 125 cm³/mol. The van der Waals surface area contributed by atoms with Gasteiger partial charge in [0.2, 0.25) is 11.8 Å². The van der Waals surface area contributed by atoms with E-state index in [1.165, 1.54) is 12.3 Å². The third-order valence-corrected chi connectivity index (χ3v) is 4.67. The van der Waals surface area contributed by atoms with Crippen LogP contribution in [0.5, 0.6) is 11.6 Å². The van der Waals surface area contributed by atoms with Crippen LogP contribution in [0, 0.1) is 43.4 Å². The quantitative estimate of drug-likeness (QED) is 0.404. The number of anilines is 2. The summed E-state index contributed by atoms with van der Waals surface area (Å²) in [5.41, 5.74) is 4.48. The Kier molecular flexibility index (Phi) is 7.35. The van der Waals surface area contributed by atoms with E-state index in [0.29, 0.717) is 5.75 Å². The van der Waals surface area contributed by atoms with Crippen LogP contribution >= 0.6 is 0 Å². The van der Waals surface area contributed by atoms with Crippen LogP contribution in [0.25, 0.3) is 6.08 Å². The van der Waals surface area contributed by atoms with Crippen LogP contribution in [-0.4, -0.2) is 22.4 Å². The summed E-state index contributed by atoms with van der Waals surface area (Å²) in [4.78, 5) is 21.2. The molecule has 0 saturated heterocycles. The standard InChI is InChI=1S/C25H22N6O2/c1-16-6-8-20(9-7-16)30-25-29-15-21(23(32)28-12-11-27)24(31-25)33-22-17(2)13-19(5-4-10-26)14-18(22)3/h4-9,13-15H,12H2,1-3H3,(H,28,32)(H,29,30,31)/b5-4+. The largest absolute Gasteiger partial charge is 0.437 e. The fourth-order valence-corrected chi connectivity index (χ4v) is 3.11. The lowest BCUT2D eigenvalue weighted by Crippen LogP contribution is -2.24. The Morgan fingerprint density at radius 2 is 1.82 bits per heavy atom. The summed E-state index contributed by atoms with van der Waals surface area (Å²) in [6.45, 7) is 5.58. The summed E-state index contributed by atoms with van der Waals surface area (Å²) in [5.74, 6) is 0.340. The number of hydrogen-bond donors (Lipinski definition) is 2. The highest BCUT2D eigenvalue weighted by Gasteiger charge is 2.19. The molecule has 1 heterocycles. The Balaban J connectivity index is 1.99. The van der Waals surface area contributed by atoms with Crippen LogP contribution in [-0.2, 0) is 0 Å². The molecule has 2 N–H and O–H groups in total. The van der Waals surface area contributed by atoms with Crippen LogP contribution in [0.4, 0.5) is 11.6 Å². The van der Waals surface area contributed by atoms with E-state index in [1.54, 1.807) is 6.08 Å². The summed E-state index contributed by atoms with van der Waals surface area (Å²) >= 11 is 0. The van der Waals surface area contributed by atoms with Gasteiger partial charge in [0.1, 0.15) is 17.9 Å². The highest BCUT2D eigenvalue weighted by molar-refractivity contribution is 5.96. The molecule has 3 rings (SSSR count). The van der Waals surface area contributed by atoms with E-state index in [-0.39, 0.29) is 23.9 Å². The first kappa shape index (κ1) is 23.0. The average molecular weight is 438 g/mol. The molecule has 0 aliphatic rings. The highest BCUT2D eigenvalue weighted by Crippen LogP contribution is 2.32. The van der Waals surface area contributed by atoms with Crippen LogP contribution in [0.1, 0.15) is 32.6 Å². The maximum absolute atomic E-state index is 12.6. The molecule has 8 nitrogen and oxygen atoms in total. The van der Waals surface area contributed by atoms with Gasteiger partial charge in [-0.25, -0.2) is 4.98 Å². The fourth-order valence-electron chi connectivity index (χ4n) is 3.11. The van der Waals surface area contributed by atoms with Crippen molar-refractivity contribution in [3.63, 3.8) is 0 Å². The van der Waals surface area contributed by atoms with E-state index in [2.05, 4.69) is 20.6 Å². The minimum atomic E-state index is -0.516. The number of ether oxygens (including phenoxy) is 1. The van der Waals surface area contributed by atoms with Gasteiger partial charge in [0.25, 0.3) is 5.91 Å². The summed E-state index contributed by atoms with van der Waals surface area (Å²) in [5, 5.41) is 23.2. The van der Waals surface area contributed by atoms with Crippen LogP contribution in [0.15, 0.2) is 48.7 Å². The Morgan fingerprint density at radius 3 is 2.45 bits per heavy atom. The molecule has 0 aliphatic carbocycles. The normalized spacial score (nSPS) is 10.3. The first-order chi connectivity index (χ1) is 15.9. The minimum Gasteiger partial charge on any atom is -0.437 e. The van der Waals surface area contributed by atoms with Gasteiger partial charge in [-0.1, -0.05) is 17.7 Å². The first-order valence-corrected chi connectivity index (χ1v) is 10.1. The van der Waals surface area contributed by atoms with Gasteiger partial charge in [0.05, 0.1) is 12.1 Å². The molecule has 0 saturated carbocycles. The van der Waals surface area contributed by atoms with Gasteiger partial charge in [-0.05, 0) is 67.8 Å². The number of aromatic nitrogens is 2. The Bertz CT molecular complexity index is 1260. The summed E-state index contributed by atoms with van der Waals surface area (Å²) in [7, 11) is 0. The molecule has 2 aromatic carbocycles. The molecule has 0 aliphatic heterocycles. The number of carbonyl (C=O) groups is 1. The third-order valence-electron chi connectivity index (χ3n) is 4.67. The van der Waals surface area contributed by atoms with Gasteiger partial charge in [-0.2, -0.15) is 15.5 Å². The number of aryl methyl sites for hydroxylation is 3. The molecule has 0 bridgehead atoms. The van der Waals surface area contributed by atoms with E-state index in [9.17, 15) is 4.79 Å². The minimum absolute atomic E-state index is 0.0570. The zero-order valence-electron chi connectivity index (χ0n) is 18.5. The van der Waals surface area contributed by atoms with Crippen molar-refractivity contribution in [3.8, 4) is 23.8 Å². The number of carbonyl (C=O) groups excluding carboxylic acids is 1. The van der Waals surface area contributed by atoms with Crippen LogP contribution < -0.4 is 15.4 Å². The molecule has 0 atom stereocenters. The monoisotopic (exact) mass is 438 g/mol. The predicted octanol–water partition coefficient (Wildman–Crippen LogP) is 4.73. The molecule has 1 aromatic heterocycles. The van der Waals surface area contributed by atoms with Gasteiger partial charge in [-0.15, -0.1) is 0 Å². The van der Waals surface area contributed by atoms with Crippen molar-refractivity contribution in [2.75, 3.05) is 11.9 Å². The van der Waals surface area contributed by atoms with Crippen LogP contribution in [0.3, 0.4) is 0 Å². The number of allylic oxidation sites excluding steroid dienone is 1. The maximum atomic E-state index is 12.6. The number of rotatable bonds is 7. The Labute approximate surface area is 192 Å². The lowest BCUT2D eigenvalue weighted by atomic mass is 10.1. The SMILES string of the molecule is Cc1ccc(Nc2ncc(C(=O)NCC#N)c(Oc3c(C)cc(/C=C/C#N)cc3C)n2)cc1. The number of nitrogens with zero attached hydrogens (tertiary/aromatic N) is 4. The Hall–Kier alpha value is -4.69. The van der Waals surface area contributed by atoms with Crippen molar-refractivity contribution in [3.05, 3.63) is 76.5 Å². The molecule has 0 fully saturated rings. The fraction of sp³-hybridized carbons (Fsp3) is 0.160. The first-order valence-electron chi connectivity index (χ1n) is 10.1. The second-order valence-corrected chi connectivity index (χ2v) is 7.29. The molecule has 33 heavy (non-hydrogen) atoms. The molecule has 8 heteroatoms. The smallest absolute Gasteiger partial charge is 0.259 e. The zero-order valence-corrected chi connectivity index (χ0v) is 18.5. The lowest BCUT2D eigenvalue weighted by Gasteiger charge is -2.15. The Morgan fingerprint density at radius 1 is 1.12 bits per heavy atom. The molecule has 0 spiro atoms. The van der Waals surface area contributed by atoms with E-state index in [1.807, 2.05) is 69.3 Å². The molecule has 1 amide bonds. The number of nitrogens with one attached hydrogen (secondary N) is 2. The number of amides is 1. The molecule has 0 unspecified atom stereocenters. The van der Waals surface area contributed by atoms with Crippen molar-refractivity contribution in [2.24, 2.45) is 0 Å². The second-order valence-electron chi connectivity index (χ2n) is 7.29. The summed E-state index contributed by atoms with van der Waals surface area (Å²) in [6.07, 6.45) is 4.47. The van der Waals surface area contributed by atoms with Crippen molar-refractivity contribution < 1.29 is 9.53 Å². The van der Waals surface area contributed by atoms with E-state index >= 15 is 0 Å². The third kappa shape index (κ3) is 5.93. The number of hydrogen-bond acceptors (Lipinski definition) is 7. The van der Waals surface area contributed by atoms with Gasteiger partial charge >= 0.3 is 0 Å². The second kappa shape index (κ2) is 10.6. The van der Waals surface area contributed by atoms with E-state index in [0.717, 1.165) is 27.9 Å².